The monoisotopic (exact) mass is 261 g/mol. The molecule has 0 radical (unpaired) electrons. The van der Waals surface area contributed by atoms with Crippen LogP contribution in [0.3, 0.4) is 0 Å². The second-order valence-corrected chi connectivity index (χ2v) is 6.54. The normalized spacial score (nSPS) is 21.7. The van der Waals surface area contributed by atoms with Crippen LogP contribution in [0.15, 0.2) is 23.7 Å². The van der Waals surface area contributed by atoms with Crippen LogP contribution in [0.4, 0.5) is 0 Å². The highest BCUT2D eigenvalue weighted by Crippen LogP contribution is 2.37. The Labute approximate surface area is 111 Å². The number of aromatic nitrogens is 1. The summed E-state index contributed by atoms with van der Waals surface area (Å²) in [5.41, 5.74) is 1.48. The summed E-state index contributed by atoms with van der Waals surface area (Å²) in [6, 6.07) is 4.01. The Morgan fingerprint density at radius 1 is 1.11 bits per heavy atom. The highest BCUT2D eigenvalue weighted by molar-refractivity contribution is 7.18. The molecule has 0 saturated carbocycles. The van der Waals surface area contributed by atoms with Crippen molar-refractivity contribution in [3.05, 3.63) is 23.7 Å². The van der Waals surface area contributed by atoms with Gasteiger partial charge in [-0.2, -0.15) is 0 Å². The molecule has 1 aliphatic heterocycles. The van der Waals surface area contributed by atoms with Crippen LogP contribution < -0.4 is 5.46 Å². The van der Waals surface area contributed by atoms with Gasteiger partial charge in [-0.3, -0.25) is 4.98 Å². The largest absolute Gasteiger partial charge is 0.496 e. The average molecular weight is 261 g/mol. The average Bonchev–Trinajstić information content (AvgIpc) is 2.81. The van der Waals surface area contributed by atoms with Crippen molar-refractivity contribution >= 4 is 34.1 Å². The van der Waals surface area contributed by atoms with Gasteiger partial charge < -0.3 is 9.31 Å². The van der Waals surface area contributed by atoms with E-state index in [1.165, 1.54) is 0 Å². The maximum absolute atomic E-state index is 6.08. The molecule has 0 aromatic carbocycles. The van der Waals surface area contributed by atoms with E-state index < -0.39 is 0 Å². The van der Waals surface area contributed by atoms with Crippen LogP contribution >= 0.6 is 11.3 Å². The molecule has 94 valence electrons. The van der Waals surface area contributed by atoms with Crippen molar-refractivity contribution in [1.82, 2.24) is 4.98 Å². The molecule has 2 aromatic heterocycles. The Kier molecular flexibility index (Phi) is 2.56. The van der Waals surface area contributed by atoms with Gasteiger partial charge in [-0.25, -0.2) is 0 Å². The molecule has 0 atom stereocenters. The first-order chi connectivity index (χ1) is 8.41. The van der Waals surface area contributed by atoms with Crippen molar-refractivity contribution in [2.45, 2.75) is 38.9 Å². The van der Waals surface area contributed by atoms with Crippen LogP contribution in [0.1, 0.15) is 27.7 Å². The van der Waals surface area contributed by atoms with Gasteiger partial charge in [0.2, 0.25) is 0 Å². The van der Waals surface area contributed by atoms with Gasteiger partial charge in [0.25, 0.3) is 0 Å². The fourth-order valence-electron chi connectivity index (χ4n) is 2.05. The highest BCUT2D eigenvalue weighted by atomic mass is 32.1. The molecule has 0 bridgehead atoms. The van der Waals surface area contributed by atoms with Gasteiger partial charge in [0.1, 0.15) is 0 Å². The molecule has 0 unspecified atom stereocenters. The summed E-state index contributed by atoms with van der Waals surface area (Å²) in [4.78, 5) is 4.35. The molecule has 0 spiro atoms. The molecule has 5 heteroatoms. The van der Waals surface area contributed by atoms with E-state index in [-0.39, 0.29) is 18.3 Å². The molecule has 0 amide bonds. The van der Waals surface area contributed by atoms with Crippen LogP contribution in [0.5, 0.6) is 0 Å². The standard InChI is InChI=1S/C13H16BNO2S/c1-12(2)13(3,4)17-14(16-12)9-5-7-15-10-6-8-18-11(9)10/h5-8H,1-4H3. The van der Waals surface area contributed by atoms with E-state index in [1.54, 1.807) is 11.3 Å². The second-order valence-electron chi connectivity index (χ2n) is 5.62. The van der Waals surface area contributed by atoms with E-state index in [9.17, 15) is 0 Å². The lowest BCUT2D eigenvalue weighted by Gasteiger charge is -2.32. The number of rotatable bonds is 1. The van der Waals surface area contributed by atoms with Gasteiger partial charge >= 0.3 is 7.12 Å². The van der Waals surface area contributed by atoms with E-state index in [4.69, 9.17) is 9.31 Å². The molecular weight excluding hydrogens is 245 g/mol. The van der Waals surface area contributed by atoms with E-state index in [2.05, 4.69) is 32.7 Å². The zero-order valence-corrected chi connectivity index (χ0v) is 11.9. The molecule has 1 saturated heterocycles. The molecule has 3 rings (SSSR count). The third-order valence-corrected chi connectivity index (χ3v) is 4.83. The van der Waals surface area contributed by atoms with Crippen LogP contribution in [-0.4, -0.2) is 23.3 Å². The predicted molar refractivity (Wildman–Crippen MR) is 75.3 cm³/mol. The van der Waals surface area contributed by atoms with Crippen LogP contribution in [0.2, 0.25) is 0 Å². The lowest BCUT2D eigenvalue weighted by atomic mass is 9.79. The first-order valence-corrected chi connectivity index (χ1v) is 6.96. The molecule has 0 aliphatic carbocycles. The summed E-state index contributed by atoms with van der Waals surface area (Å²) in [7, 11) is -0.306. The summed E-state index contributed by atoms with van der Waals surface area (Å²) in [5, 5.41) is 2.05. The zero-order chi connectivity index (χ0) is 13.0. The SMILES string of the molecule is CC1(C)OB(c2ccnc3ccsc23)OC1(C)C. The lowest BCUT2D eigenvalue weighted by Crippen LogP contribution is -2.41. The minimum absolute atomic E-state index is 0.301. The van der Waals surface area contributed by atoms with E-state index in [1.807, 2.05) is 23.7 Å². The number of pyridine rings is 1. The van der Waals surface area contributed by atoms with E-state index >= 15 is 0 Å². The minimum atomic E-state index is -0.306. The number of hydrogen-bond donors (Lipinski definition) is 0. The first-order valence-electron chi connectivity index (χ1n) is 6.08. The Balaban J connectivity index is 2.05. The van der Waals surface area contributed by atoms with Crippen LogP contribution in [0.25, 0.3) is 10.2 Å². The Hall–Kier alpha value is -0.905. The molecule has 1 fully saturated rings. The van der Waals surface area contributed by atoms with Crippen molar-refractivity contribution in [3.8, 4) is 0 Å². The van der Waals surface area contributed by atoms with Crippen molar-refractivity contribution < 1.29 is 9.31 Å². The van der Waals surface area contributed by atoms with Crippen LogP contribution in [0, 0.1) is 0 Å². The van der Waals surface area contributed by atoms with E-state index in [0.717, 1.165) is 15.7 Å². The smallest absolute Gasteiger partial charge is 0.399 e. The van der Waals surface area contributed by atoms with Crippen molar-refractivity contribution in [2.75, 3.05) is 0 Å². The summed E-state index contributed by atoms with van der Waals surface area (Å²) >= 11 is 1.68. The fraction of sp³-hybridized carbons (Fsp3) is 0.462. The molecule has 2 aromatic rings. The van der Waals surface area contributed by atoms with Crippen molar-refractivity contribution in [1.29, 1.82) is 0 Å². The number of fused-ring (bicyclic) bond motifs is 1. The second kappa shape index (κ2) is 3.79. The van der Waals surface area contributed by atoms with Gasteiger partial charge in [-0.1, -0.05) is 0 Å². The quantitative estimate of drug-likeness (QED) is 0.739. The third-order valence-electron chi connectivity index (χ3n) is 3.88. The van der Waals surface area contributed by atoms with Gasteiger partial charge in [0, 0.05) is 11.7 Å². The van der Waals surface area contributed by atoms with Gasteiger partial charge in [-0.15, -0.1) is 11.3 Å². The Bertz CT molecular complexity index is 577. The molecule has 18 heavy (non-hydrogen) atoms. The van der Waals surface area contributed by atoms with Crippen LogP contribution in [-0.2, 0) is 9.31 Å². The van der Waals surface area contributed by atoms with Crippen molar-refractivity contribution in [2.24, 2.45) is 0 Å². The Morgan fingerprint density at radius 3 is 2.44 bits per heavy atom. The molecule has 3 nitrogen and oxygen atoms in total. The predicted octanol–water partition coefficient (Wildman–Crippen LogP) is 2.60. The topological polar surface area (TPSA) is 31.4 Å². The maximum atomic E-state index is 6.08. The maximum Gasteiger partial charge on any atom is 0.496 e. The summed E-state index contributed by atoms with van der Waals surface area (Å²) < 4.78 is 13.3. The lowest BCUT2D eigenvalue weighted by molar-refractivity contribution is 0.00578. The minimum Gasteiger partial charge on any atom is -0.399 e. The van der Waals surface area contributed by atoms with Gasteiger partial charge in [0.15, 0.2) is 0 Å². The summed E-state index contributed by atoms with van der Waals surface area (Å²) in [5.74, 6) is 0. The summed E-state index contributed by atoms with van der Waals surface area (Å²) in [6.45, 7) is 8.28. The highest BCUT2D eigenvalue weighted by Gasteiger charge is 2.52. The Morgan fingerprint density at radius 2 is 1.78 bits per heavy atom. The first kappa shape index (κ1) is 12.1. The number of hydrogen-bond acceptors (Lipinski definition) is 4. The van der Waals surface area contributed by atoms with Crippen molar-refractivity contribution in [3.63, 3.8) is 0 Å². The number of nitrogens with zero attached hydrogens (tertiary/aromatic N) is 1. The van der Waals surface area contributed by atoms with E-state index in [0.29, 0.717) is 0 Å². The molecular formula is C13H16BNO2S. The molecule has 1 aliphatic rings. The number of thiophene rings is 1. The van der Waals surface area contributed by atoms with Gasteiger partial charge in [-0.05, 0) is 45.2 Å². The molecule has 0 N–H and O–H groups in total. The molecule has 3 heterocycles. The third kappa shape index (κ3) is 1.69. The van der Waals surface area contributed by atoms with Gasteiger partial charge in [0.05, 0.1) is 21.4 Å². The fourth-order valence-corrected chi connectivity index (χ4v) is 2.92. The summed E-state index contributed by atoms with van der Waals surface area (Å²) in [6.07, 6.45) is 1.81. The zero-order valence-electron chi connectivity index (χ0n) is 11.1.